The Kier molecular flexibility index (Phi) is 3.29. The summed E-state index contributed by atoms with van der Waals surface area (Å²) in [6, 6.07) is 15.8. The van der Waals surface area contributed by atoms with Gasteiger partial charge in [-0.2, -0.15) is 5.26 Å². The first-order valence-electron chi connectivity index (χ1n) is 7.50. The summed E-state index contributed by atoms with van der Waals surface area (Å²) in [6.07, 6.45) is 3.74. The highest BCUT2D eigenvalue weighted by atomic mass is 16.5. The molecule has 2 N–H and O–H groups in total. The predicted molar refractivity (Wildman–Crippen MR) is 94.4 cm³/mol. The Hall–Kier alpha value is -3.52. The van der Waals surface area contributed by atoms with Crippen molar-refractivity contribution in [2.75, 3.05) is 7.11 Å². The van der Waals surface area contributed by atoms with Crippen molar-refractivity contribution in [3.63, 3.8) is 0 Å². The number of nitrogens with one attached hydrogen (secondary N) is 2. The van der Waals surface area contributed by atoms with Crippen molar-refractivity contribution in [2.45, 2.75) is 0 Å². The zero-order valence-corrected chi connectivity index (χ0v) is 13.0. The van der Waals surface area contributed by atoms with Gasteiger partial charge in [0.15, 0.2) is 0 Å². The lowest BCUT2D eigenvalue weighted by molar-refractivity contribution is 0.415. The number of nitrogens with zero attached hydrogens (tertiary/aromatic N) is 2. The maximum atomic E-state index is 9.56. The third kappa shape index (κ3) is 2.31. The van der Waals surface area contributed by atoms with E-state index in [0.717, 1.165) is 33.2 Å². The Bertz CT molecular complexity index is 1110. The minimum atomic E-state index is 0.481. The molecule has 0 saturated carbocycles. The molecule has 4 rings (SSSR count). The van der Waals surface area contributed by atoms with E-state index in [1.807, 2.05) is 54.7 Å². The fraction of sp³-hybridized carbons (Fsp3) is 0.0526. The quantitative estimate of drug-likeness (QED) is 0.558. The van der Waals surface area contributed by atoms with Crippen LogP contribution in [0.1, 0.15) is 11.4 Å². The summed E-state index contributed by atoms with van der Waals surface area (Å²) in [4.78, 5) is 10.9. The van der Waals surface area contributed by atoms with E-state index in [4.69, 9.17) is 4.74 Å². The Morgan fingerprint density at radius 2 is 2.08 bits per heavy atom. The summed E-state index contributed by atoms with van der Waals surface area (Å²) in [6.45, 7) is 0. The van der Waals surface area contributed by atoms with Gasteiger partial charge in [-0.15, -0.1) is 0 Å². The molecule has 0 saturated heterocycles. The van der Waals surface area contributed by atoms with E-state index >= 15 is 0 Å². The van der Waals surface area contributed by atoms with E-state index < -0.39 is 0 Å². The maximum absolute atomic E-state index is 9.56. The van der Waals surface area contributed by atoms with Crippen molar-refractivity contribution in [1.29, 1.82) is 5.26 Å². The van der Waals surface area contributed by atoms with E-state index in [2.05, 4.69) is 21.0 Å². The van der Waals surface area contributed by atoms with Crippen LogP contribution in [0.3, 0.4) is 0 Å². The minimum absolute atomic E-state index is 0.481. The topological polar surface area (TPSA) is 77.5 Å². The first-order valence-corrected chi connectivity index (χ1v) is 7.50. The van der Waals surface area contributed by atoms with Gasteiger partial charge in [0.05, 0.1) is 23.7 Å². The average molecular weight is 314 g/mol. The van der Waals surface area contributed by atoms with Crippen molar-refractivity contribution < 1.29 is 4.74 Å². The van der Waals surface area contributed by atoms with Gasteiger partial charge in [-0.3, -0.25) is 0 Å². The number of hydrogen-bond acceptors (Lipinski definition) is 3. The van der Waals surface area contributed by atoms with Crippen LogP contribution in [0.2, 0.25) is 0 Å². The van der Waals surface area contributed by atoms with Crippen LogP contribution in [-0.2, 0) is 0 Å². The van der Waals surface area contributed by atoms with Crippen LogP contribution in [0, 0.1) is 11.3 Å². The first-order chi connectivity index (χ1) is 11.8. The van der Waals surface area contributed by atoms with Crippen molar-refractivity contribution in [1.82, 2.24) is 15.0 Å². The number of nitriles is 1. The van der Waals surface area contributed by atoms with E-state index in [0.29, 0.717) is 11.4 Å². The Labute approximate surface area is 138 Å². The molecule has 0 aliphatic heterocycles. The summed E-state index contributed by atoms with van der Waals surface area (Å²) < 4.78 is 5.22. The van der Waals surface area contributed by atoms with Crippen molar-refractivity contribution in [3.8, 4) is 11.8 Å². The fourth-order valence-corrected chi connectivity index (χ4v) is 2.77. The lowest BCUT2D eigenvalue weighted by Crippen LogP contribution is -1.84. The summed E-state index contributed by atoms with van der Waals surface area (Å²) >= 11 is 0. The van der Waals surface area contributed by atoms with Crippen molar-refractivity contribution in [3.05, 3.63) is 60.0 Å². The number of H-pyrrole nitrogens is 2. The van der Waals surface area contributed by atoms with E-state index in [9.17, 15) is 5.26 Å². The van der Waals surface area contributed by atoms with Crippen LogP contribution >= 0.6 is 0 Å². The van der Waals surface area contributed by atoms with Gasteiger partial charge in [0.25, 0.3) is 0 Å². The Balaban J connectivity index is 1.82. The number of rotatable bonds is 3. The van der Waals surface area contributed by atoms with Crippen LogP contribution in [-0.4, -0.2) is 22.1 Å². The monoisotopic (exact) mass is 314 g/mol. The number of fused-ring (bicyclic) bond motifs is 2. The van der Waals surface area contributed by atoms with Crippen molar-refractivity contribution >= 4 is 33.6 Å². The van der Waals surface area contributed by atoms with Gasteiger partial charge in [-0.25, -0.2) is 4.98 Å². The molecule has 0 unspecified atom stereocenters. The molecule has 4 aromatic rings. The number of methoxy groups -OCH3 is 1. The maximum Gasteiger partial charge on any atom is 0.149 e. The summed E-state index contributed by atoms with van der Waals surface area (Å²) in [7, 11) is 1.62. The number of imidazole rings is 1. The van der Waals surface area contributed by atoms with Gasteiger partial charge in [-0.1, -0.05) is 18.2 Å². The number of benzene rings is 2. The number of aromatic amines is 2. The Morgan fingerprint density at radius 1 is 1.21 bits per heavy atom. The molecule has 0 aliphatic carbocycles. The zero-order valence-electron chi connectivity index (χ0n) is 13.0. The number of para-hydroxylation sites is 1. The molecular weight excluding hydrogens is 300 g/mol. The van der Waals surface area contributed by atoms with Crippen molar-refractivity contribution in [2.24, 2.45) is 0 Å². The lowest BCUT2D eigenvalue weighted by Gasteiger charge is -1.96. The molecule has 0 radical (unpaired) electrons. The fourth-order valence-electron chi connectivity index (χ4n) is 2.77. The second-order valence-corrected chi connectivity index (χ2v) is 5.43. The molecular formula is C19H14N4O. The molecule has 2 heterocycles. The molecule has 24 heavy (non-hydrogen) atoms. The number of ether oxygens (including phenoxy) is 1. The SMILES string of the molecule is COc1ccc2nc(/C(C#N)=C/c3c[nH]c4ccccc34)[nH]c2c1. The molecule has 5 nitrogen and oxygen atoms in total. The molecule has 0 fully saturated rings. The van der Waals surface area contributed by atoms with Crippen LogP contribution in [0.25, 0.3) is 33.6 Å². The van der Waals surface area contributed by atoms with Gasteiger partial charge in [0, 0.05) is 28.7 Å². The van der Waals surface area contributed by atoms with Gasteiger partial charge in [0.2, 0.25) is 0 Å². The Morgan fingerprint density at radius 3 is 2.92 bits per heavy atom. The molecule has 0 atom stereocenters. The summed E-state index contributed by atoms with van der Waals surface area (Å²) in [5.41, 5.74) is 4.11. The zero-order chi connectivity index (χ0) is 16.5. The highest BCUT2D eigenvalue weighted by Crippen LogP contribution is 2.25. The van der Waals surface area contributed by atoms with Gasteiger partial charge in [-0.05, 0) is 24.3 Å². The molecule has 2 aromatic carbocycles. The second kappa shape index (κ2) is 5.60. The number of allylic oxidation sites excluding steroid dienone is 1. The van der Waals surface area contributed by atoms with Crippen LogP contribution in [0.4, 0.5) is 0 Å². The highest BCUT2D eigenvalue weighted by molar-refractivity contribution is 5.97. The molecule has 0 spiro atoms. The highest BCUT2D eigenvalue weighted by Gasteiger charge is 2.10. The average Bonchev–Trinajstić information content (AvgIpc) is 3.22. The smallest absolute Gasteiger partial charge is 0.149 e. The minimum Gasteiger partial charge on any atom is -0.497 e. The summed E-state index contributed by atoms with van der Waals surface area (Å²) in [5.74, 6) is 1.29. The van der Waals surface area contributed by atoms with Gasteiger partial charge >= 0.3 is 0 Å². The van der Waals surface area contributed by atoms with Gasteiger partial charge in [0.1, 0.15) is 17.6 Å². The van der Waals surface area contributed by atoms with Crippen LogP contribution in [0.5, 0.6) is 5.75 Å². The molecule has 2 aromatic heterocycles. The third-order valence-electron chi connectivity index (χ3n) is 3.99. The predicted octanol–water partition coefficient (Wildman–Crippen LogP) is 4.12. The normalized spacial score (nSPS) is 11.8. The summed E-state index contributed by atoms with van der Waals surface area (Å²) in [5, 5.41) is 10.6. The number of aromatic nitrogens is 3. The molecule has 0 aliphatic rings. The second-order valence-electron chi connectivity index (χ2n) is 5.43. The van der Waals surface area contributed by atoms with Crippen LogP contribution in [0.15, 0.2) is 48.7 Å². The molecule has 116 valence electrons. The molecule has 0 bridgehead atoms. The molecule has 0 amide bonds. The first kappa shape index (κ1) is 14.1. The van der Waals surface area contributed by atoms with E-state index in [1.165, 1.54) is 0 Å². The third-order valence-corrected chi connectivity index (χ3v) is 3.99. The van der Waals surface area contributed by atoms with Gasteiger partial charge < -0.3 is 14.7 Å². The largest absolute Gasteiger partial charge is 0.497 e. The van der Waals surface area contributed by atoms with Crippen LogP contribution < -0.4 is 4.74 Å². The number of hydrogen-bond donors (Lipinski definition) is 2. The molecule has 5 heteroatoms. The lowest BCUT2D eigenvalue weighted by atomic mass is 10.1. The van der Waals surface area contributed by atoms with E-state index in [-0.39, 0.29) is 0 Å². The standard InChI is InChI=1S/C19H14N4O/c1-24-14-6-7-17-18(9-14)23-19(22-17)12(10-20)8-13-11-21-16-5-3-2-4-15(13)16/h2-9,11,21H,1H3,(H,22,23)/b12-8+. The van der Waals surface area contributed by atoms with E-state index in [1.54, 1.807) is 7.11 Å².